The zero-order chi connectivity index (χ0) is 40.7. The van der Waals surface area contributed by atoms with Crippen molar-refractivity contribution in [3.05, 3.63) is 95.6 Å². The maximum atomic E-state index is 12.7. The van der Waals surface area contributed by atoms with E-state index in [4.69, 9.17) is 24.9 Å². The molecule has 4 heterocycles. The number of fused-ring (bicyclic) bond motifs is 1. The van der Waals surface area contributed by atoms with Gasteiger partial charge in [0.05, 0.1) is 23.4 Å². The molecule has 0 spiro atoms. The molecule has 5 aromatic rings. The number of nitrogens with zero attached hydrogens (tertiary/aromatic N) is 5. The van der Waals surface area contributed by atoms with E-state index in [1.165, 1.54) is 11.3 Å². The van der Waals surface area contributed by atoms with Crippen molar-refractivity contribution in [1.82, 2.24) is 30.2 Å². The second-order valence-corrected chi connectivity index (χ2v) is 14.5. The van der Waals surface area contributed by atoms with Crippen LogP contribution >= 0.6 is 11.3 Å². The minimum Gasteiger partial charge on any atom is -0.475 e. The fourth-order valence-corrected chi connectivity index (χ4v) is 7.50. The number of aliphatic hydroxyl groups is 2. The van der Waals surface area contributed by atoms with Gasteiger partial charge in [0, 0.05) is 38.0 Å². The summed E-state index contributed by atoms with van der Waals surface area (Å²) in [4.78, 5) is 50.5. The van der Waals surface area contributed by atoms with E-state index in [0.717, 1.165) is 16.1 Å². The van der Waals surface area contributed by atoms with Crippen LogP contribution in [0.4, 0.5) is 34.7 Å². The minimum absolute atomic E-state index is 0.0184. The van der Waals surface area contributed by atoms with Crippen molar-refractivity contribution < 1.29 is 42.9 Å². The van der Waals surface area contributed by atoms with Crippen LogP contribution in [0.3, 0.4) is 0 Å². The molecule has 7 N–H and O–H groups in total. The van der Waals surface area contributed by atoms with Crippen LogP contribution in [0.2, 0.25) is 0 Å². The van der Waals surface area contributed by atoms with Gasteiger partial charge in [0.2, 0.25) is 11.9 Å². The van der Waals surface area contributed by atoms with E-state index in [9.17, 15) is 33.0 Å². The van der Waals surface area contributed by atoms with E-state index in [-0.39, 0.29) is 30.3 Å². The highest BCUT2D eigenvalue weighted by atomic mass is 32.1. The second-order valence-electron chi connectivity index (χ2n) is 13.6. The zero-order valence-corrected chi connectivity index (χ0v) is 31.5. The van der Waals surface area contributed by atoms with Crippen LogP contribution in [0.15, 0.2) is 84.5 Å². The van der Waals surface area contributed by atoms with Gasteiger partial charge in [0.15, 0.2) is 17.0 Å². The number of aromatic nitrogens is 4. The Morgan fingerprint density at radius 3 is 2.21 bits per heavy atom. The summed E-state index contributed by atoms with van der Waals surface area (Å²) < 4.78 is 33.5. The molecule has 1 aliphatic heterocycles. The van der Waals surface area contributed by atoms with Gasteiger partial charge in [-0.15, -0.1) is 11.3 Å². The molecule has 0 radical (unpaired) electrons. The molecular formula is C38H42F3N9O6S. The predicted molar refractivity (Wildman–Crippen MR) is 207 cm³/mol. The smallest absolute Gasteiger partial charge is 0.475 e. The van der Waals surface area contributed by atoms with Gasteiger partial charge in [-0.25, -0.2) is 14.6 Å². The van der Waals surface area contributed by atoms with Gasteiger partial charge < -0.3 is 40.7 Å². The number of aliphatic hydroxyl groups excluding tert-OH is 2. The number of halogens is 3. The number of anilines is 3. The first-order valence-corrected chi connectivity index (χ1v) is 19.1. The molecule has 2 aromatic carbocycles. The van der Waals surface area contributed by atoms with E-state index < -0.39 is 36.4 Å². The number of benzene rings is 2. The molecule has 1 saturated heterocycles. The molecule has 0 bridgehead atoms. The molecule has 2 aliphatic rings. The summed E-state index contributed by atoms with van der Waals surface area (Å²) in [6.07, 6.45) is -4.47. The number of alkyl halides is 3. The molecule has 19 heteroatoms. The summed E-state index contributed by atoms with van der Waals surface area (Å²) in [7, 11) is 0. The highest BCUT2D eigenvalue weighted by Gasteiger charge is 2.44. The number of rotatable bonds is 11. The van der Waals surface area contributed by atoms with Gasteiger partial charge in [-0.1, -0.05) is 67.6 Å². The van der Waals surface area contributed by atoms with Crippen LogP contribution in [-0.2, 0) is 9.59 Å². The molecule has 1 saturated carbocycles. The maximum Gasteiger partial charge on any atom is 0.490 e. The number of carboxylic acids is 1. The van der Waals surface area contributed by atoms with E-state index in [2.05, 4.69) is 45.5 Å². The number of amides is 3. The standard InChI is InChI=1S/C36H41N9O4S.C2HF3O2/c1-2-28(46)40-26-18-27(32(48)31(26)47)45-21-38-30-33(37-19-25(22-10-5-3-6-11-22)23-12-7-4-8-13-23)42-35(43-34(30)45)44-16-15-24(20-44)39-36(49)41-29-14-9-17-50-29;3-2(4,5)1(6)7/h3-14,17,21,24-27,31-32,47-48H,2,15-16,18-20H2,1H3,(H,40,46)(H,37,42,43)(H2,39,41,49);(H,6,7)/t24-,26+,27-,31-,32+;/m1./s1. The summed E-state index contributed by atoms with van der Waals surface area (Å²) in [5.41, 5.74) is 3.33. The monoisotopic (exact) mass is 809 g/mol. The average Bonchev–Trinajstić information content (AvgIpc) is 4.02. The molecule has 3 aromatic heterocycles. The minimum atomic E-state index is -5.08. The highest BCUT2D eigenvalue weighted by Crippen LogP contribution is 2.35. The van der Waals surface area contributed by atoms with Crippen molar-refractivity contribution in [1.29, 1.82) is 0 Å². The fraction of sp³-hybridized carbons (Fsp3) is 0.368. The Morgan fingerprint density at radius 2 is 1.61 bits per heavy atom. The topological polar surface area (TPSA) is 207 Å². The number of carbonyl (C=O) groups excluding carboxylic acids is 2. The van der Waals surface area contributed by atoms with Crippen molar-refractivity contribution in [3.63, 3.8) is 0 Å². The molecule has 1 aliphatic carbocycles. The SMILES string of the molecule is CCC(=O)N[C@H]1C[C@@H](n2cnc3c(NCC(c4ccccc4)c4ccccc4)nc(N4CC[C@@H](NC(=O)Nc5cccs5)C4)nc32)[C@H](O)[C@@H]1O.O=C(O)C(F)(F)F. The highest BCUT2D eigenvalue weighted by molar-refractivity contribution is 7.14. The summed E-state index contributed by atoms with van der Waals surface area (Å²) in [6.45, 7) is 3.39. The van der Waals surface area contributed by atoms with Gasteiger partial charge in [-0.3, -0.25) is 10.1 Å². The van der Waals surface area contributed by atoms with Gasteiger partial charge >= 0.3 is 18.2 Å². The molecule has 0 unspecified atom stereocenters. The van der Waals surface area contributed by atoms with E-state index in [0.29, 0.717) is 55.4 Å². The van der Waals surface area contributed by atoms with Gasteiger partial charge in [-0.05, 0) is 41.5 Å². The first kappa shape index (κ1) is 40.9. The molecule has 15 nitrogen and oxygen atoms in total. The van der Waals surface area contributed by atoms with Gasteiger partial charge in [-0.2, -0.15) is 23.1 Å². The number of aliphatic carboxylic acids is 1. The van der Waals surface area contributed by atoms with Crippen LogP contribution in [0, 0.1) is 0 Å². The van der Waals surface area contributed by atoms with Crippen molar-refractivity contribution in [2.45, 2.75) is 68.6 Å². The summed E-state index contributed by atoms with van der Waals surface area (Å²) in [5.74, 6) is -1.93. The van der Waals surface area contributed by atoms with Crippen LogP contribution in [0.25, 0.3) is 11.2 Å². The average molecular weight is 810 g/mol. The second kappa shape index (κ2) is 18.0. The molecule has 57 heavy (non-hydrogen) atoms. The largest absolute Gasteiger partial charge is 0.490 e. The quantitative estimate of drug-likeness (QED) is 0.0972. The normalized spacial score (nSPS) is 20.5. The first-order chi connectivity index (χ1) is 27.3. The number of carboxylic acid groups (broad SMARTS) is 1. The number of hydrogen-bond donors (Lipinski definition) is 7. The third kappa shape index (κ3) is 9.97. The number of thiophene rings is 1. The maximum absolute atomic E-state index is 12.7. The van der Waals surface area contributed by atoms with Gasteiger partial charge in [0.1, 0.15) is 12.2 Å². The van der Waals surface area contributed by atoms with E-state index in [1.807, 2.05) is 58.8 Å². The first-order valence-electron chi connectivity index (χ1n) is 18.2. The molecule has 3 amide bonds. The summed E-state index contributed by atoms with van der Waals surface area (Å²) in [6, 6.07) is 22.7. The molecule has 7 rings (SSSR count). The van der Waals surface area contributed by atoms with Gasteiger partial charge in [0.25, 0.3) is 0 Å². The van der Waals surface area contributed by atoms with Crippen molar-refractivity contribution in [3.8, 4) is 0 Å². The van der Waals surface area contributed by atoms with E-state index in [1.54, 1.807) is 17.8 Å². The lowest BCUT2D eigenvalue weighted by atomic mass is 9.91. The Kier molecular flexibility index (Phi) is 12.9. The Hall–Kier alpha value is -5.79. The Labute approximate surface area is 329 Å². The molecule has 5 atom stereocenters. The lowest BCUT2D eigenvalue weighted by molar-refractivity contribution is -0.192. The lowest BCUT2D eigenvalue weighted by Crippen LogP contribution is -2.42. The molecule has 2 fully saturated rings. The van der Waals surface area contributed by atoms with Crippen molar-refractivity contribution in [2.75, 3.05) is 35.2 Å². The van der Waals surface area contributed by atoms with Crippen LogP contribution < -0.4 is 26.2 Å². The lowest BCUT2D eigenvalue weighted by Gasteiger charge is -2.22. The van der Waals surface area contributed by atoms with Crippen molar-refractivity contribution >= 4 is 57.2 Å². The summed E-state index contributed by atoms with van der Waals surface area (Å²) in [5, 5.41) is 44.2. The summed E-state index contributed by atoms with van der Waals surface area (Å²) >= 11 is 1.46. The predicted octanol–water partition coefficient (Wildman–Crippen LogP) is 4.73. The third-order valence-corrected chi connectivity index (χ3v) is 10.6. The number of carbonyl (C=O) groups is 3. The Bertz CT molecular complexity index is 2090. The Balaban J connectivity index is 0.000000719. The van der Waals surface area contributed by atoms with Crippen molar-refractivity contribution in [2.24, 2.45) is 0 Å². The Morgan fingerprint density at radius 1 is 0.947 bits per heavy atom. The number of nitrogens with one attached hydrogen (secondary N) is 4. The van der Waals surface area contributed by atoms with E-state index >= 15 is 0 Å². The zero-order valence-electron chi connectivity index (χ0n) is 30.6. The third-order valence-electron chi connectivity index (χ3n) is 9.77. The fourth-order valence-electron chi connectivity index (χ4n) is 6.89. The number of imidazole rings is 1. The number of hydrogen-bond acceptors (Lipinski definition) is 11. The van der Waals surface area contributed by atoms with Crippen LogP contribution in [0.5, 0.6) is 0 Å². The van der Waals surface area contributed by atoms with Crippen LogP contribution in [0.1, 0.15) is 49.3 Å². The molecule has 302 valence electrons. The molecular weight excluding hydrogens is 768 g/mol. The number of urea groups is 1. The van der Waals surface area contributed by atoms with Crippen LogP contribution in [-0.4, -0.2) is 103 Å².